The molecule has 1 aliphatic carbocycles. The first-order chi connectivity index (χ1) is 9.88. The molecule has 1 atom stereocenters. The fraction of sp³-hybridized carbons (Fsp3) is 0.615. The van der Waals surface area contributed by atoms with Crippen molar-refractivity contribution in [1.29, 1.82) is 0 Å². The molecule has 1 unspecified atom stereocenters. The third-order valence-corrected chi connectivity index (χ3v) is 3.13. The molecule has 0 radical (unpaired) electrons. The molecule has 1 aromatic rings. The van der Waals surface area contributed by atoms with Crippen molar-refractivity contribution in [3.05, 3.63) is 23.3 Å². The van der Waals surface area contributed by atoms with Gasteiger partial charge < -0.3 is 9.47 Å². The van der Waals surface area contributed by atoms with E-state index in [0.717, 1.165) is 19.0 Å². The van der Waals surface area contributed by atoms with Crippen LogP contribution in [0.4, 0.5) is 13.2 Å². The summed E-state index contributed by atoms with van der Waals surface area (Å²) in [6.07, 6.45) is -2.76. The molecule has 1 aliphatic rings. The summed E-state index contributed by atoms with van der Waals surface area (Å²) in [6, 6.07) is 0. The molecular formula is C13H15F3N2O3. The van der Waals surface area contributed by atoms with Crippen LogP contribution in [-0.2, 0) is 15.7 Å². The molecule has 0 N–H and O–H groups in total. The van der Waals surface area contributed by atoms with Crippen molar-refractivity contribution >= 4 is 5.97 Å². The molecule has 1 saturated carbocycles. The Balaban J connectivity index is 2.41. The second-order valence-electron chi connectivity index (χ2n) is 4.70. The van der Waals surface area contributed by atoms with E-state index in [-0.39, 0.29) is 18.3 Å². The van der Waals surface area contributed by atoms with Crippen molar-refractivity contribution in [2.45, 2.75) is 32.0 Å². The second kappa shape index (κ2) is 5.97. The minimum absolute atomic E-state index is 0.0271. The highest BCUT2D eigenvalue weighted by molar-refractivity contribution is 5.90. The van der Waals surface area contributed by atoms with Gasteiger partial charge in [0.05, 0.1) is 6.61 Å². The summed E-state index contributed by atoms with van der Waals surface area (Å²) in [5.74, 6) is -1.01. The highest BCUT2D eigenvalue weighted by atomic mass is 19.4. The number of esters is 1. The van der Waals surface area contributed by atoms with Crippen LogP contribution in [0.1, 0.15) is 47.7 Å². The average Bonchev–Trinajstić information content (AvgIpc) is 3.23. The van der Waals surface area contributed by atoms with Crippen LogP contribution in [0.3, 0.4) is 0 Å². The first kappa shape index (κ1) is 15.7. The molecule has 0 saturated heterocycles. The van der Waals surface area contributed by atoms with Gasteiger partial charge in [-0.05, 0) is 25.7 Å². The molecule has 1 fully saturated rings. The van der Waals surface area contributed by atoms with E-state index in [0.29, 0.717) is 0 Å². The number of halogens is 3. The lowest BCUT2D eigenvalue weighted by Gasteiger charge is -2.16. The first-order valence-electron chi connectivity index (χ1n) is 6.52. The molecule has 0 aromatic carbocycles. The summed E-state index contributed by atoms with van der Waals surface area (Å²) in [5.41, 5.74) is -1.97. The lowest BCUT2D eigenvalue weighted by molar-refractivity contribution is -0.142. The molecule has 0 spiro atoms. The largest absolute Gasteiger partial charge is 0.462 e. The molecule has 5 nitrogen and oxygen atoms in total. The topological polar surface area (TPSA) is 61.3 Å². The predicted molar refractivity (Wildman–Crippen MR) is 65.5 cm³/mol. The molecule has 21 heavy (non-hydrogen) atoms. The zero-order chi connectivity index (χ0) is 15.6. The zero-order valence-electron chi connectivity index (χ0n) is 11.6. The van der Waals surface area contributed by atoms with Crippen LogP contribution in [0.5, 0.6) is 0 Å². The van der Waals surface area contributed by atoms with E-state index in [1.54, 1.807) is 0 Å². The van der Waals surface area contributed by atoms with E-state index in [1.165, 1.54) is 14.0 Å². The number of carbonyl (C=O) groups excluding carboxylic acids is 1. The number of methoxy groups -OCH3 is 1. The van der Waals surface area contributed by atoms with Crippen molar-refractivity contribution in [3.8, 4) is 0 Å². The second-order valence-corrected chi connectivity index (χ2v) is 4.70. The summed E-state index contributed by atoms with van der Waals surface area (Å²) < 4.78 is 49.0. The van der Waals surface area contributed by atoms with Crippen LogP contribution < -0.4 is 0 Å². The molecule has 2 rings (SSSR count). The molecule has 1 heterocycles. The summed E-state index contributed by atoms with van der Waals surface area (Å²) in [5, 5.41) is 0. The average molecular weight is 304 g/mol. The van der Waals surface area contributed by atoms with Gasteiger partial charge in [0, 0.05) is 13.3 Å². The van der Waals surface area contributed by atoms with E-state index in [9.17, 15) is 18.0 Å². The lowest BCUT2D eigenvalue weighted by atomic mass is 10.1. The van der Waals surface area contributed by atoms with E-state index >= 15 is 0 Å². The van der Waals surface area contributed by atoms with Gasteiger partial charge in [0.1, 0.15) is 11.7 Å². The number of ether oxygens (including phenoxy) is 2. The van der Waals surface area contributed by atoms with E-state index in [1.807, 2.05) is 0 Å². The van der Waals surface area contributed by atoms with Gasteiger partial charge in [0.15, 0.2) is 11.5 Å². The summed E-state index contributed by atoms with van der Waals surface area (Å²) >= 11 is 0. The van der Waals surface area contributed by atoms with Gasteiger partial charge in [0.25, 0.3) is 0 Å². The van der Waals surface area contributed by atoms with Crippen LogP contribution in [0.15, 0.2) is 6.20 Å². The van der Waals surface area contributed by atoms with Gasteiger partial charge in [-0.25, -0.2) is 14.8 Å². The Hall–Kier alpha value is -1.70. The minimum atomic E-state index is -4.76. The molecule has 1 aromatic heterocycles. The SMILES string of the molecule is CCOC(=O)c1cnc(C(OC)C2CC2)nc1C(F)(F)F. The number of alkyl halides is 3. The van der Waals surface area contributed by atoms with Crippen LogP contribution in [0.2, 0.25) is 0 Å². The van der Waals surface area contributed by atoms with Gasteiger partial charge in [-0.1, -0.05) is 0 Å². The smallest absolute Gasteiger partial charge is 0.434 e. The third-order valence-electron chi connectivity index (χ3n) is 3.13. The number of carbonyl (C=O) groups is 1. The van der Waals surface area contributed by atoms with E-state index in [4.69, 9.17) is 4.74 Å². The zero-order valence-corrected chi connectivity index (χ0v) is 11.6. The van der Waals surface area contributed by atoms with Crippen molar-refractivity contribution in [1.82, 2.24) is 9.97 Å². The Kier molecular flexibility index (Phi) is 4.46. The van der Waals surface area contributed by atoms with Gasteiger partial charge in [-0.15, -0.1) is 0 Å². The maximum Gasteiger partial charge on any atom is 0.434 e. The fourth-order valence-corrected chi connectivity index (χ4v) is 2.01. The van der Waals surface area contributed by atoms with Crippen LogP contribution in [-0.4, -0.2) is 29.7 Å². The van der Waals surface area contributed by atoms with Crippen molar-refractivity contribution in [2.75, 3.05) is 13.7 Å². The van der Waals surface area contributed by atoms with Crippen LogP contribution in [0, 0.1) is 5.92 Å². The number of hydrogen-bond acceptors (Lipinski definition) is 5. The third kappa shape index (κ3) is 3.49. The van der Waals surface area contributed by atoms with Crippen LogP contribution >= 0.6 is 0 Å². The number of aromatic nitrogens is 2. The number of nitrogens with zero attached hydrogens (tertiary/aromatic N) is 2. The molecule has 8 heteroatoms. The Morgan fingerprint density at radius 2 is 2.14 bits per heavy atom. The quantitative estimate of drug-likeness (QED) is 0.783. The normalized spacial score (nSPS) is 16.6. The van der Waals surface area contributed by atoms with Crippen LogP contribution in [0.25, 0.3) is 0 Å². The van der Waals surface area contributed by atoms with Gasteiger partial charge >= 0.3 is 12.1 Å². The Labute approximate surface area is 119 Å². The van der Waals surface area contributed by atoms with Gasteiger partial charge in [0.2, 0.25) is 0 Å². The fourth-order valence-electron chi connectivity index (χ4n) is 2.01. The minimum Gasteiger partial charge on any atom is -0.462 e. The molecule has 0 aliphatic heterocycles. The van der Waals surface area contributed by atoms with E-state index in [2.05, 4.69) is 14.7 Å². The maximum absolute atomic E-state index is 13.1. The molecule has 0 bridgehead atoms. The maximum atomic E-state index is 13.1. The van der Waals surface area contributed by atoms with Gasteiger partial charge in [-0.3, -0.25) is 0 Å². The Bertz CT molecular complexity index is 530. The van der Waals surface area contributed by atoms with Crippen molar-refractivity contribution < 1.29 is 27.4 Å². The molecule has 0 amide bonds. The van der Waals surface area contributed by atoms with E-state index < -0.39 is 29.5 Å². The summed E-state index contributed by atoms with van der Waals surface area (Å²) in [7, 11) is 1.40. The summed E-state index contributed by atoms with van der Waals surface area (Å²) in [4.78, 5) is 18.9. The molecular weight excluding hydrogens is 289 g/mol. The first-order valence-corrected chi connectivity index (χ1v) is 6.52. The monoisotopic (exact) mass is 304 g/mol. The number of rotatable bonds is 5. The highest BCUT2D eigenvalue weighted by Crippen LogP contribution is 2.42. The van der Waals surface area contributed by atoms with Crippen molar-refractivity contribution in [2.24, 2.45) is 5.92 Å². The van der Waals surface area contributed by atoms with Crippen molar-refractivity contribution in [3.63, 3.8) is 0 Å². The summed E-state index contributed by atoms with van der Waals surface area (Å²) in [6.45, 7) is 1.48. The highest BCUT2D eigenvalue weighted by Gasteiger charge is 2.41. The predicted octanol–water partition coefficient (Wildman–Crippen LogP) is 2.77. The molecule has 116 valence electrons. The standard InChI is InChI=1S/C13H15F3N2O3/c1-3-21-12(19)8-6-17-11(9(20-2)7-4-5-7)18-10(8)13(14,15)16/h6-7,9H,3-5H2,1-2H3. The van der Waals surface area contributed by atoms with Gasteiger partial charge in [-0.2, -0.15) is 13.2 Å². The Morgan fingerprint density at radius 1 is 1.48 bits per heavy atom. The Morgan fingerprint density at radius 3 is 2.62 bits per heavy atom. The lowest BCUT2D eigenvalue weighted by Crippen LogP contribution is -2.21. The number of hydrogen-bond donors (Lipinski definition) is 0.